The molecule has 0 atom stereocenters. The molecule has 2 aromatic rings. The largest absolute Gasteiger partial charge is 0.478 e. The summed E-state index contributed by atoms with van der Waals surface area (Å²) in [5, 5.41) is 11.9. The number of amides is 2. The molecule has 0 aliphatic carbocycles. The number of hydrogen-bond acceptors (Lipinski definition) is 4. The number of carbonyl (C=O) groups excluding carboxylic acids is 1. The lowest BCUT2D eigenvalue weighted by Crippen LogP contribution is -2.46. The van der Waals surface area contributed by atoms with Gasteiger partial charge < -0.3 is 24.6 Å². The van der Waals surface area contributed by atoms with E-state index in [1.807, 2.05) is 4.57 Å². The Morgan fingerprint density at radius 3 is 2.83 bits per heavy atom. The number of nitrogens with one attached hydrogen (secondary N) is 1. The Morgan fingerprint density at radius 2 is 2.09 bits per heavy atom. The van der Waals surface area contributed by atoms with Gasteiger partial charge in [-0.15, -0.1) is 0 Å². The Kier molecular flexibility index (Phi) is 4.42. The van der Waals surface area contributed by atoms with Gasteiger partial charge in [-0.2, -0.15) is 0 Å². The van der Waals surface area contributed by atoms with Crippen LogP contribution in [0.1, 0.15) is 10.4 Å². The van der Waals surface area contributed by atoms with E-state index in [-0.39, 0.29) is 11.6 Å². The number of rotatable bonds is 4. The molecule has 8 nitrogen and oxygen atoms in total. The smallest absolute Gasteiger partial charge is 0.335 e. The van der Waals surface area contributed by atoms with E-state index in [0.717, 1.165) is 5.52 Å². The van der Waals surface area contributed by atoms with Gasteiger partial charge in [0, 0.05) is 26.2 Å². The number of nitrogens with zero attached hydrogens (tertiary/aromatic N) is 3. The Bertz CT molecular complexity index is 721. The number of imidazole rings is 1. The number of aromatic nitrogens is 2. The summed E-state index contributed by atoms with van der Waals surface area (Å²) in [4.78, 5) is 28.9. The van der Waals surface area contributed by atoms with Crippen molar-refractivity contribution in [2.24, 2.45) is 0 Å². The highest BCUT2D eigenvalue weighted by Gasteiger charge is 2.16. The number of morpholine rings is 1. The second kappa shape index (κ2) is 6.66. The lowest BCUT2D eigenvalue weighted by Gasteiger charge is -2.26. The van der Waals surface area contributed by atoms with Crippen LogP contribution in [0, 0.1) is 0 Å². The summed E-state index contributed by atoms with van der Waals surface area (Å²) >= 11 is 0. The van der Waals surface area contributed by atoms with Crippen LogP contribution in [-0.2, 0) is 11.3 Å². The minimum atomic E-state index is -0.973. The summed E-state index contributed by atoms with van der Waals surface area (Å²) < 4.78 is 7.10. The second-order valence-corrected chi connectivity index (χ2v) is 5.28. The van der Waals surface area contributed by atoms with Crippen LogP contribution in [0.5, 0.6) is 0 Å². The summed E-state index contributed by atoms with van der Waals surface area (Å²) in [7, 11) is 0. The second-order valence-electron chi connectivity index (χ2n) is 5.28. The minimum absolute atomic E-state index is 0.0918. The van der Waals surface area contributed by atoms with Gasteiger partial charge in [-0.1, -0.05) is 0 Å². The van der Waals surface area contributed by atoms with E-state index in [4.69, 9.17) is 9.84 Å². The van der Waals surface area contributed by atoms with Crippen molar-refractivity contribution in [2.75, 3.05) is 32.8 Å². The van der Waals surface area contributed by atoms with Crippen LogP contribution >= 0.6 is 0 Å². The highest BCUT2D eigenvalue weighted by atomic mass is 16.5. The zero-order valence-electron chi connectivity index (χ0n) is 12.6. The lowest BCUT2D eigenvalue weighted by molar-refractivity contribution is 0.0532. The van der Waals surface area contributed by atoms with Gasteiger partial charge in [0.25, 0.3) is 0 Å². The van der Waals surface area contributed by atoms with Gasteiger partial charge in [-0.25, -0.2) is 14.6 Å². The first-order valence-corrected chi connectivity index (χ1v) is 7.44. The Morgan fingerprint density at radius 1 is 1.30 bits per heavy atom. The molecular formula is C15H18N4O4. The van der Waals surface area contributed by atoms with Crippen molar-refractivity contribution in [3.05, 3.63) is 30.1 Å². The first kappa shape index (κ1) is 15.3. The van der Waals surface area contributed by atoms with Gasteiger partial charge in [0.1, 0.15) is 0 Å². The quantitative estimate of drug-likeness (QED) is 0.868. The molecule has 1 aliphatic heterocycles. The van der Waals surface area contributed by atoms with E-state index in [0.29, 0.717) is 44.9 Å². The monoisotopic (exact) mass is 318 g/mol. The first-order chi connectivity index (χ1) is 11.1. The van der Waals surface area contributed by atoms with Crippen molar-refractivity contribution >= 4 is 23.0 Å². The molecule has 0 bridgehead atoms. The standard InChI is InChI=1S/C15H18N4O4/c20-14(21)11-1-2-13-12(9-11)17-10-19(13)4-3-16-15(22)18-5-7-23-8-6-18/h1-2,9-10H,3-8H2,(H,16,22)(H,20,21). The fourth-order valence-corrected chi connectivity index (χ4v) is 2.54. The molecule has 8 heteroatoms. The van der Waals surface area contributed by atoms with E-state index in [2.05, 4.69) is 10.3 Å². The van der Waals surface area contributed by atoms with Crippen molar-refractivity contribution in [1.82, 2.24) is 19.8 Å². The first-order valence-electron chi connectivity index (χ1n) is 7.44. The lowest BCUT2D eigenvalue weighted by atomic mass is 10.2. The van der Waals surface area contributed by atoms with Gasteiger partial charge >= 0.3 is 12.0 Å². The summed E-state index contributed by atoms with van der Waals surface area (Å²) in [6, 6.07) is 4.73. The number of ether oxygens (including phenoxy) is 1. The van der Waals surface area contributed by atoms with Crippen molar-refractivity contribution in [3.63, 3.8) is 0 Å². The van der Waals surface area contributed by atoms with Gasteiger partial charge in [0.15, 0.2) is 0 Å². The molecule has 23 heavy (non-hydrogen) atoms. The normalized spacial score (nSPS) is 14.9. The third-order valence-corrected chi connectivity index (χ3v) is 3.80. The van der Waals surface area contributed by atoms with Gasteiger partial charge in [-0.3, -0.25) is 0 Å². The average Bonchev–Trinajstić information content (AvgIpc) is 2.98. The summed E-state index contributed by atoms with van der Waals surface area (Å²) in [6.45, 7) is 3.41. The maximum absolute atomic E-state index is 12.0. The molecule has 1 aromatic heterocycles. The summed E-state index contributed by atoms with van der Waals surface area (Å²) in [5.41, 5.74) is 1.68. The average molecular weight is 318 g/mol. The Hall–Kier alpha value is -2.61. The molecule has 2 N–H and O–H groups in total. The molecule has 0 radical (unpaired) electrons. The molecule has 0 saturated carbocycles. The summed E-state index contributed by atoms with van der Waals surface area (Å²) in [6.07, 6.45) is 1.65. The van der Waals surface area contributed by atoms with Gasteiger partial charge in [0.05, 0.1) is 36.1 Å². The van der Waals surface area contributed by atoms with Gasteiger partial charge in [-0.05, 0) is 18.2 Å². The van der Waals surface area contributed by atoms with Crippen LogP contribution in [-0.4, -0.2) is 64.4 Å². The minimum Gasteiger partial charge on any atom is -0.478 e. The van der Waals surface area contributed by atoms with Crippen LogP contribution < -0.4 is 5.32 Å². The van der Waals surface area contributed by atoms with Crippen LogP contribution in [0.4, 0.5) is 4.79 Å². The Balaban J connectivity index is 1.59. The number of carboxylic acid groups (broad SMARTS) is 1. The third-order valence-electron chi connectivity index (χ3n) is 3.80. The van der Waals surface area contributed by atoms with E-state index in [9.17, 15) is 9.59 Å². The number of carboxylic acids is 1. The zero-order valence-corrected chi connectivity index (χ0v) is 12.6. The zero-order chi connectivity index (χ0) is 16.2. The highest BCUT2D eigenvalue weighted by molar-refractivity contribution is 5.92. The molecule has 2 heterocycles. The Labute approximate surface area is 132 Å². The maximum Gasteiger partial charge on any atom is 0.335 e. The predicted octanol–water partition coefficient (Wildman–Crippen LogP) is 0.776. The number of benzene rings is 1. The van der Waals surface area contributed by atoms with Crippen molar-refractivity contribution in [3.8, 4) is 0 Å². The molecule has 1 aromatic carbocycles. The fraction of sp³-hybridized carbons (Fsp3) is 0.400. The summed E-state index contributed by atoms with van der Waals surface area (Å²) in [5.74, 6) is -0.973. The van der Waals surface area contributed by atoms with E-state index in [1.54, 1.807) is 29.4 Å². The molecule has 1 saturated heterocycles. The van der Waals surface area contributed by atoms with Crippen molar-refractivity contribution < 1.29 is 19.4 Å². The van der Waals surface area contributed by atoms with Crippen molar-refractivity contribution in [1.29, 1.82) is 0 Å². The molecule has 122 valence electrons. The van der Waals surface area contributed by atoms with Crippen LogP contribution in [0.15, 0.2) is 24.5 Å². The third kappa shape index (κ3) is 3.42. The number of urea groups is 1. The molecule has 3 rings (SSSR count). The van der Waals surface area contributed by atoms with Crippen molar-refractivity contribution in [2.45, 2.75) is 6.54 Å². The number of aromatic carboxylic acids is 1. The molecule has 1 aliphatic rings. The van der Waals surface area contributed by atoms with Crippen LogP contribution in [0.3, 0.4) is 0 Å². The van der Waals surface area contributed by atoms with E-state index in [1.165, 1.54) is 0 Å². The topological polar surface area (TPSA) is 96.7 Å². The number of hydrogen-bond donors (Lipinski definition) is 2. The molecule has 0 spiro atoms. The highest BCUT2D eigenvalue weighted by Crippen LogP contribution is 2.14. The molecule has 1 fully saturated rings. The molecular weight excluding hydrogens is 300 g/mol. The molecule has 2 amide bonds. The predicted molar refractivity (Wildman–Crippen MR) is 82.5 cm³/mol. The number of carbonyl (C=O) groups is 2. The van der Waals surface area contributed by atoms with E-state index < -0.39 is 5.97 Å². The SMILES string of the molecule is O=C(O)c1ccc2c(c1)ncn2CCNC(=O)N1CCOCC1. The van der Waals surface area contributed by atoms with Crippen LogP contribution in [0.2, 0.25) is 0 Å². The molecule has 0 unspecified atom stereocenters. The maximum atomic E-state index is 12.0. The van der Waals surface area contributed by atoms with E-state index >= 15 is 0 Å². The number of fused-ring (bicyclic) bond motifs is 1. The van der Waals surface area contributed by atoms with Crippen LogP contribution in [0.25, 0.3) is 11.0 Å². The van der Waals surface area contributed by atoms with Gasteiger partial charge in [0.2, 0.25) is 0 Å². The fourth-order valence-electron chi connectivity index (χ4n) is 2.54.